The first-order valence-electron chi connectivity index (χ1n) is 5.41. The molecule has 0 aromatic rings. The molecule has 1 rings (SSSR count). The Morgan fingerprint density at radius 1 is 1.38 bits per heavy atom. The van der Waals surface area contributed by atoms with Gasteiger partial charge >= 0.3 is 0 Å². The van der Waals surface area contributed by atoms with Crippen molar-refractivity contribution in [3.05, 3.63) is 35.6 Å². The minimum atomic E-state index is -0.297. The number of hydrogen-bond acceptors (Lipinski definition) is 2. The Morgan fingerprint density at radius 3 is 2.38 bits per heavy atom. The summed E-state index contributed by atoms with van der Waals surface area (Å²) in [7, 11) is 0. The average molecular weight is 220 g/mol. The molecule has 0 aliphatic carbocycles. The summed E-state index contributed by atoms with van der Waals surface area (Å²) in [5, 5.41) is 2.83. The van der Waals surface area contributed by atoms with Crippen molar-refractivity contribution in [2.75, 3.05) is 6.54 Å². The van der Waals surface area contributed by atoms with Crippen LogP contribution in [0.3, 0.4) is 0 Å². The van der Waals surface area contributed by atoms with Crippen LogP contribution in [0.1, 0.15) is 20.8 Å². The molecular weight excluding hydrogens is 200 g/mol. The minimum absolute atomic E-state index is 0.0219. The largest absolute Gasteiger partial charge is 0.402 e. The first-order valence-corrected chi connectivity index (χ1v) is 5.41. The maximum Gasteiger partial charge on any atom is 0.229 e. The quantitative estimate of drug-likeness (QED) is 0.712. The van der Waals surface area contributed by atoms with Gasteiger partial charge in [-0.15, -0.1) is 0 Å². The van der Waals surface area contributed by atoms with Gasteiger partial charge < -0.3 is 11.1 Å². The summed E-state index contributed by atoms with van der Waals surface area (Å²) in [5.74, 6) is -0.206. The lowest BCUT2D eigenvalue weighted by Gasteiger charge is -2.19. The van der Waals surface area contributed by atoms with Crippen molar-refractivity contribution in [1.82, 2.24) is 5.32 Å². The molecule has 0 bridgehead atoms. The highest BCUT2D eigenvalue weighted by molar-refractivity contribution is 5.84. The van der Waals surface area contributed by atoms with Crippen LogP contribution in [0.15, 0.2) is 35.6 Å². The average Bonchev–Trinajstić information content (AvgIpc) is 2.57. The van der Waals surface area contributed by atoms with E-state index >= 15 is 0 Å². The van der Waals surface area contributed by atoms with Crippen LogP contribution in [-0.4, -0.2) is 12.5 Å². The number of rotatable bonds is 3. The normalized spacial score (nSPS) is 26.1. The minimum Gasteiger partial charge on any atom is -0.402 e. The predicted octanol–water partition coefficient (Wildman–Crippen LogP) is 1.73. The number of hydrogen-bond donors (Lipinski definition) is 2. The molecule has 3 nitrogen and oxygen atoms in total. The number of nitrogens with one attached hydrogen (secondary N) is 1. The van der Waals surface area contributed by atoms with Crippen LogP contribution >= 0.6 is 0 Å². The van der Waals surface area contributed by atoms with Gasteiger partial charge in [0, 0.05) is 18.2 Å². The zero-order valence-electron chi connectivity index (χ0n) is 10.3. The third kappa shape index (κ3) is 2.18. The fourth-order valence-electron chi connectivity index (χ4n) is 2.07. The highest BCUT2D eigenvalue weighted by Gasteiger charge is 2.37. The summed E-state index contributed by atoms with van der Waals surface area (Å²) >= 11 is 0. The Balaban J connectivity index is 3.05. The van der Waals surface area contributed by atoms with Crippen molar-refractivity contribution in [1.29, 1.82) is 0 Å². The van der Waals surface area contributed by atoms with Gasteiger partial charge in [-0.1, -0.05) is 24.3 Å². The van der Waals surface area contributed by atoms with Gasteiger partial charge in [0.05, 0.1) is 5.92 Å². The Bertz CT molecular complexity index is 379. The van der Waals surface area contributed by atoms with Gasteiger partial charge in [-0.2, -0.15) is 0 Å². The van der Waals surface area contributed by atoms with E-state index in [0.29, 0.717) is 12.2 Å². The SMILES string of the molecule is C=C(C)/C(C)=C(\C)C1CNC(=O)[C@@H]1C(=C)N. The molecular formula is C13H20N2O. The monoisotopic (exact) mass is 220 g/mol. The van der Waals surface area contributed by atoms with Crippen LogP contribution in [0.25, 0.3) is 0 Å². The first kappa shape index (κ1) is 12.6. The maximum absolute atomic E-state index is 11.6. The molecule has 2 atom stereocenters. The summed E-state index contributed by atoms with van der Waals surface area (Å²) in [6, 6.07) is 0. The topological polar surface area (TPSA) is 55.1 Å². The fraction of sp³-hybridized carbons (Fsp3) is 0.462. The van der Waals surface area contributed by atoms with Crippen LogP contribution in [-0.2, 0) is 4.79 Å². The van der Waals surface area contributed by atoms with E-state index in [2.05, 4.69) is 18.5 Å². The number of carbonyl (C=O) groups excluding carboxylic acids is 1. The second-order valence-corrected chi connectivity index (χ2v) is 4.49. The van der Waals surface area contributed by atoms with Crippen LogP contribution < -0.4 is 11.1 Å². The zero-order valence-corrected chi connectivity index (χ0v) is 10.3. The molecule has 1 saturated heterocycles. The van der Waals surface area contributed by atoms with Crippen LogP contribution in [0.4, 0.5) is 0 Å². The molecule has 0 spiro atoms. The van der Waals surface area contributed by atoms with E-state index in [1.807, 2.05) is 20.8 Å². The van der Waals surface area contributed by atoms with E-state index < -0.39 is 0 Å². The molecule has 0 aromatic carbocycles. The third-order valence-corrected chi connectivity index (χ3v) is 3.37. The summed E-state index contributed by atoms with van der Waals surface area (Å²) in [4.78, 5) is 11.6. The van der Waals surface area contributed by atoms with Gasteiger partial charge in [-0.3, -0.25) is 4.79 Å². The smallest absolute Gasteiger partial charge is 0.229 e. The first-order chi connectivity index (χ1) is 7.36. The van der Waals surface area contributed by atoms with Crippen LogP contribution in [0, 0.1) is 11.8 Å². The van der Waals surface area contributed by atoms with Gasteiger partial charge in [0.2, 0.25) is 5.91 Å². The van der Waals surface area contributed by atoms with Gasteiger partial charge in [-0.25, -0.2) is 0 Å². The Morgan fingerprint density at radius 2 is 1.94 bits per heavy atom. The van der Waals surface area contributed by atoms with Crippen molar-refractivity contribution in [3.63, 3.8) is 0 Å². The molecule has 1 aliphatic rings. The summed E-state index contributed by atoms with van der Waals surface area (Å²) in [6.07, 6.45) is 0. The fourth-order valence-corrected chi connectivity index (χ4v) is 2.07. The highest BCUT2D eigenvalue weighted by Crippen LogP contribution is 2.31. The number of nitrogens with two attached hydrogens (primary N) is 1. The second kappa shape index (κ2) is 4.56. The molecule has 0 aromatic heterocycles. The van der Waals surface area contributed by atoms with Gasteiger partial charge in [0.25, 0.3) is 0 Å². The lowest BCUT2D eigenvalue weighted by molar-refractivity contribution is -0.121. The molecule has 1 heterocycles. The number of carbonyl (C=O) groups is 1. The molecule has 1 unspecified atom stereocenters. The highest BCUT2D eigenvalue weighted by atomic mass is 16.2. The Hall–Kier alpha value is -1.51. The summed E-state index contributed by atoms with van der Waals surface area (Å²) < 4.78 is 0. The van der Waals surface area contributed by atoms with Crippen molar-refractivity contribution in [2.45, 2.75) is 20.8 Å². The van der Waals surface area contributed by atoms with Gasteiger partial charge in [0.1, 0.15) is 0 Å². The van der Waals surface area contributed by atoms with Gasteiger partial charge in [0.15, 0.2) is 0 Å². The van der Waals surface area contributed by atoms with E-state index in [4.69, 9.17) is 5.73 Å². The van der Waals surface area contributed by atoms with E-state index in [1.165, 1.54) is 5.57 Å². The summed E-state index contributed by atoms with van der Waals surface area (Å²) in [5.41, 5.74) is 9.47. The van der Waals surface area contributed by atoms with Crippen molar-refractivity contribution >= 4 is 5.91 Å². The lowest BCUT2D eigenvalue weighted by atomic mass is 9.84. The van der Waals surface area contributed by atoms with E-state index in [-0.39, 0.29) is 17.7 Å². The summed E-state index contributed by atoms with van der Waals surface area (Å²) in [6.45, 7) is 14.3. The molecule has 1 aliphatic heterocycles. The standard InChI is InChI=1S/C13H20N2O/c1-7(2)8(3)9(4)11-6-15-13(16)12(11)10(5)14/h11-12H,1,5-6,14H2,2-4H3,(H,15,16)/b9-8+/t11?,12-/m1/s1. The molecule has 3 N–H and O–H groups in total. The molecule has 88 valence electrons. The van der Waals surface area contributed by atoms with E-state index in [9.17, 15) is 4.79 Å². The molecule has 3 heteroatoms. The third-order valence-electron chi connectivity index (χ3n) is 3.37. The predicted molar refractivity (Wildman–Crippen MR) is 66.5 cm³/mol. The van der Waals surface area contributed by atoms with Crippen LogP contribution in [0.2, 0.25) is 0 Å². The van der Waals surface area contributed by atoms with Crippen LogP contribution in [0.5, 0.6) is 0 Å². The maximum atomic E-state index is 11.6. The van der Waals surface area contributed by atoms with E-state index in [1.54, 1.807) is 0 Å². The molecule has 0 radical (unpaired) electrons. The molecule has 0 saturated carbocycles. The van der Waals surface area contributed by atoms with Crippen molar-refractivity contribution in [2.24, 2.45) is 17.6 Å². The van der Waals surface area contributed by atoms with E-state index in [0.717, 1.165) is 11.1 Å². The second-order valence-electron chi connectivity index (χ2n) is 4.49. The lowest BCUT2D eigenvalue weighted by Crippen LogP contribution is -2.25. The molecule has 16 heavy (non-hydrogen) atoms. The number of allylic oxidation sites excluding steroid dienone is 2. The molecule has 1 fully saturated rings. The van der Waals surface area contributed by atoms with Crippen molar-refractivity contribution < 1.29 is 4.79 Å². The number of amides is 1. The zero-order chi connectivity index (χ0) is 12.5. The Kier molecular flexibility index (Phi) is 3.58. The van der Waals surface area contributed by atoms with Crippen molar-refractivity contribution in [3.8, 4) is 0 Å². The Labute approximate surface area is 97.1 Å². The molecule has 1 amide bonds. The van der Waals surface area contributed by atoms with Gasteiger partial charge in [-0.05, 0) is 26.3 Å².